The minimum absolute atomic E-state index is 0.0758. The van der Waals surface area contributed by atoms with Gasteiger partial charge in [-0.2, -0.15) is 5.26 Å². The maximum absolute atomic E-state index is 10.8. The van der Waals surface area contributed by atoms with Gasteiger partial charge in [-0.15, -0.1) is 0 Å². The van der Waals surface area contributed by atoms with Gasteiger partial charge in [0.15, 0.2) is 0 Å². The van der Waals surface area contributed by atoms with Gasteiger partial charge >= 0.3 is 0 Å². The largest absolute Gasteiger partial charge is 0.468 e. The molecule has 0 saturated heterocycles. The van der Waals surface area contributed by atoms with Gasteiger partial charge in [0.1, 0.15) is 16.7 Å². The highest BCUT2D eigenvalue weighted by Gasteiger charge is 2.49. The number of hydrogen-bond acceptors (Lipinski definition) is 5. The Kier molecular flexibility index (Phi) is 5.46. The van der Waals surface area contributed by atoms with Crippen LogP contribution in [0.25, 0.3) is 60.4 Å². The molecule has 0 N–H and O–H groups in total. The van der Waals surface area contributed by atoms with Crippen LogP contribution in [0.1, 0.15) is 31.9 Å². The maximum Gasteiger partial charge on any atom is 0.297 e. The van der Waals surface area contributed by atoms with Crippen molar-refractivity contribution in [3.8, 4) is 11.8 Å². The van der Waals surface area contributed by atoms with E-state index in [1.807, 2.05) is 12.1 Å². The molecule has 0 unspecified atom stereocenters. The number of aromatic nitrogens is 1. The van der Waals surface area contributed by atoms with Gasteiger partial charge in [0.2, 0.25) is 0 Å². The number of hydrogen-bond donors (Lipinski definition) is 0. The molecule has 262 valence electrons. The second-order valence-electron chi connectivity index (χ2n) is 16.4. The zero-order chi connectivity index (χ0) is 37.2. The normalized spacial score (nSPS) is 13.9. The van der Waals surface area contributed by atoms with E-state index in [0.29, 0.717) is 5.56 Å². The average molecular weight is 719 g/mol. The third-order valence-electron chi connectivity index (χ3n) is 12.4. The Morgan fingerprint density at radius 1 is 0.571 bits per heavy atom. The van der Waals surface area contributed by atoms with Gasteiger partial charge in [-0.3, -0.25) is 0 Å². The zero-order valence-corrected chi connectivity index (χ0v) is 30.9. The number of anilines is 6. The molecule has 3 aliphatic heterocycles. The lowest BCUT2D eigenvalue weighted by Gasteiger charge is -2.44. The van der Waals surface area contributed by atoms with E-state index in [9.17, 15) is 5.26 Å². The Labute approximate surface area is 322 Å². The van der Waals surface area contributed by atoms with E-state index >= 15 is 0 Å². The summed E-state index contributed by atoms with van der Waals surface area (Å²) in [5.74, 6) is 0. The maximum atomic E-state index is 10.8. The second kappa shape index (κ2) is 10.1. The molecule has 0 bridgehead atoms. The molecule has 0 amide bonds. The van der Waals surface area contributed by atoms with Crippen LogP contribution in [0, 0.1) is 11.3 Å². The number of para-hydroxylation sites is 4. The Hall–Kier alpha value is -7.17. The number of rotatable bonds is 1. The van der Waals surface area contributed by atoms with Crippen LogP contribution < -0.4 is 26.4 Å². The first-order valence-corrected chi connectivity index (χ1v) is 19.2. The number of furan rings is 2. The summed E-state index contributed by atoms with van der Waals surface area (Å²) in [6.07, 6.45) is 0. The van der Waals surface area contributed by atoms with E-state index in [4.69, 9.17) is 8.83 Å². The molecule has 13 rings (SSSR count). The minimum atomic E-state index is -0.225. The second-order valence-corrected chi connectivity index (χ2v) is 16.4. The van der Waals surface area contributed by atoms with Gasteiger partial charge in [0, 0.05) is 44.0 Å². The molecule has 6 heterocycles. The zero-order valence-electron chi connectivity index (χ0n) is 30.9. The molecule has 0 saturated carbocycles. The lowest BCUT2D eigenvalue weighted by molar-refractivity contribution is 0.590. The molecule has 0 atom stereocenters. The third-order valence-corrected chi connectivity index (χ3v) is 12.4. The van der Waals surface area contributed by atoms with Gasteiger partial charge in [0.25, 0.3) is 6.71 Å². The SMILES string of the molecule is CC(C)(C)c1ccc2oc3c(c2c1)N(c1ccc2oc4ccccc4c2c1)c1cc(C#N)cc2c1B3c1cccc3c1N2c1cccc2c4ccccc4n-3c12. The highest BCUT2D eigenvalue weighted by atomic mass is 16.3. The number of fused-ring (bicyclic) bond motifs is 14. The van der Waals surface area contributed by atoms with Gasteiger partial charge < -0.3 is 23.2 Å². The lowest BCUT2D eigenvalue weighted by Crippen LogP contribution is -2.61. The molecule has 0 radical (unpaired) electrons. The van der Waals surface area contributed by atoms with Crippen LogP contribution in [0.15, 0.2) is 142 Å². The van der Waals surface area contributed by atoms with Crippen molar-refractivity contribution < 1.29 is 8.83 Å². The van der Waals surface area contributed by atoms with Gasteiger partial charge in [0.05, 0.1) is 51.1 Å². The fourth-order valence-electron chi connectivity index (χ4n) is 10.0. The predicted octanol–water partition coefficient (Wildman–Crippen LogP) is 11.0. The molecule has 0 aliphatic carbocycles. The summed E-state index contributed by atoms with van der Waals surface area (Å²) in [6, 6.07) is 50.0. The van der Waals surface area contributed by atoms with Crippen LogP contribution in [0.3, 0.4) is 0 Å². The van der Waals surface area contributed by atoms with Crippen molar-refractivity contribution in [3.05, 3.63) is 145 Å². The Morgan fingerprint density at radius 3 is 2.14 bits per heavy atom. The highest BCUT2D eigenvalue weighted by Crippen LogP contribution is 2.53. The van der Waals surface area contributed by atoms with E-state index in [0.717, 1.165) is 89.4 Å². The summed E-state index contributed by atoms with van der Waals surface area (Å²) in [6.45, 7) is 6.53. The fraction of sp³-hybridized carbons (Fsp3) is 0.0816. The van der Waals surface area contributed by atoms with Crippen molar-refractivity contribution in [2.75, 3.05) is 9.80 Å². The van der Waals surface area contributed by atoms with Crippen LogP contribution in [0.2, 0.25) is 0 Å². The first kappa shape index (κ1) is 30.2. The average Bonchev–Trinajstić information content (AvgIpc) is 3.90. The van der Waals surface area contributed by atoms with Crippen molar-refractivity contribution in [1.82, 2.24) is 4.57 Å². The fourth-order valence-corrected chi connectivity index (χ4v) is 10.0. The molecular weight excluding hydrogens is 687 g/mol. The standard InChI is InChI=1S/C49H31BN4O2/c1-49(2,3)28-18-20-43-34(24-28)46-48(56-43)50-35-13-9-16-38-47(35)54(37-15-8-12-32-30-10-4-6-14-36(30)53(38)45(32)37)40-23-27(26-51)22-39(44(40)50)52(46)29-19-21-42-33(25-29)31-11-5-7-17-41(31)55-42/h4-25H,1-3H3. The predicted molar refractivity (Wildman–Crippen MR) is 229 cm³/mol. The van der Waals surface area contributed by atoms with Gasteiger partial charge in [-0.25, -0.2) is 0 Å². The molecular formula is C49H31BN4O2. The monoisotopic (exact) mass is 718 g/mol. The first-order chi connectivity index (χ1) is 27.4. The summed E-state index contributed by atoms with van der Waals surface area (Å²) in [5, 5.41) is 16.4. The highest BCUT2D eigenvalue weighted by molar-refractivity contribution is 7.00. The Morgan fingerprint density at radius 2 is 1.29 bits per heavy atom. The van der Waals surface area contributed by atoms with E-state index < -0.39 is 0 Å². The summed E-state index contributed by atoms with van der Waals surface area (Å²) in [5.41, 5.74) is 17.1. The number of nitrogens with zero attached hydrogens (tertiary/aromatic N) is 4. The summed E-state index contributed by atoms with van der Waals surface area (Å²) in [4.78, 5) is 4.76. The topological polar surface area (TPSA) is 61.5 Å². The molecule has 7 heteroatoms. The molecule has 10 aromatic rings. The van der Waals surface area contributed by atoms with Crippen molar-refractivity contribution in [2.24, 2.45) is 0 Å². The minimum Gasteiger partial charge on any atom is -0.468 e. The van der Waals surface area contributed by atoms with Gasteiger partial charge in [-0.1, -0.05) is 87.5 Å². The molecule has 0 fully saturated rings. The van der Waals surface area contributed by atoms with Crippen LogP contribution in [0.4, 0.5) is 34.1 Å². The molecule has 3 aromatic heterocycles. The van der Waals surface area contributed by atoms with Crippen LogP contribution in [0.5, 0.6) is 0 Å². The molecule has 56 heavy (non-hydrogen) atoms. The van der Waals surface area contributed by atoms with Crippen molar-refractivity contribution in [3.63, 3.8) is 0 Å². The lowest BCUT2D eigenvalue weighted by atomic mass is 9.35. The van der Waals surface area contributed by atoms with E-state index in [1.165, 1.54) is 27.3 Å². The first-order valence-electron chi connectivity index (χ1n) is 19.2. The third kappa shape index (κ3) is 3.62. The van der Waals surface area contributed by atoms with E-state index in [2.05, 4.69) is 163 Å². The van der Waals surface area contributed by atoms with Crippen molar-refractivity contribution in [2.45, 2.75) is 26.2 Å². The number of nitriles is 1. The summed E-state index contributed by atoms with van der Waals surface area (Å²) in [7, 11) is 0. The van der Waals surface area contributed by atoms with Crippen LogP contribution in [-0.4, -0.2) is 11.3 Å². The quantitative estimate of drug-likeness (QED) is 0.158. The molecule has 7 aromatic carbocycles. The molecule has 6 nitrogen and oxygen atoms in total. The van der Waals surface area contributed by atoms with Crippen LogP contribution in [-0.2, 0) is 5.41 Å². The summed E-state index contributed by atoms with van der Waals surface area (Å²) >= 11 is 0. The van der Waals surface area contributed by atoms with E-state index in [-0.39, 0.29) is 12.1 Å². The Bertz CT molecular complexity index is 3460. The van der Waals surface area contributed by atoms with E-state index in [1.54, 1.807) is 0 Å². The van der Waals surface area contributed by atoms with Crippen molar-refractivity contribution >= 4 is 112 Å². The molecule has 0 spiro atoms. The van der Waals surface area contributed by atoms with Gasteiger partial charge in [-0.05, 0) is 88.6 Å². The number of benzene rings is 7. The summed E-state index contributed by atoms with van der Waals surface area (Å²) < 4.78 is 15.9. The molecule has 3 aliphatic rings. The van der Waals surface area contributed by atoms with Crippen molar-refractivity contribution in [1.29, 1.82) is 5.26 Å². The smallest absolute Gasteiger partial charge is 0.297 e. The Balaban J connectivity index is 1.19. The van der Waals surface area contributed by atoms with Crippen LogP contribution >= 0.6 is 0 Å².